The van der Waals surface area contributed by atoms with Crippen molar-refractivity contribution in [1.29, 1.82) is 0 Å². The molecular weight excluding hydrogens is 997 g/mol. The number of benzene rings is 6. The van der Waals surface area contributed by atoms with Crippen LogP contribution in [0.1, 0.15) is 66.4 Å². The monoisotopic (exact) mass is 1050 g/mol. The number of fused-ring (bicyclic) bond motifs is 8. The minimum absolute atomic E-state index is 0.00852. The van der Waals surface area contributed by atoms with Gasteiger partial charge in [0.2, 0.25) is 10.9 Å². The lowest BCUT2D eigenvalue weighted by Gasteiger charge is -2.51. The minimum Gasteiger partial charge on any atom is -0.502 e. The summed E-state index contributed by atoms with van der Waals surface area (Å²) in [6.07, 6.45) is 2.37. The van der Waals surface area contributed by atoms with E-state index < -0.39 is 34.7 Å². The summed E-state index contributed by atoms with van der Waals surface area (Å²) in [6, 6.07) is 52.3. The Labute approximate surface area is 445 Å². The van der Waals surface area contributed by atoms with Crippen LogP contribution in [0.5, 0.6) is 11.5 Å². The zero-order chi connectivity index (χ0) is 51.6. The summed E-state index contributed by atoms with van der Waals surface area (Å²) in [7, 11) is 0. The smallest absolute Gasteiger partial charge is 0.278 e. The standard InChI is InChI=1S/2C30H25N3O4S/c2*34-24-13-14-32-28(29(24)35)30(36)31-15-16-37-17-26(31)33(32)27-21-11-6-10-20(19-7-2-1-3-8-19)23(21)18-38-25-12-5-4-9-22(25)27/h2*1-14,26-27,35H,15-18H2/t2*26-,27+/m10/s1. The van der Waals surface area contributed by atoms with Gasteiger partial charge in [0.1, 0.15) is 12.3 Å². The predicted molar refractivity (Wildman–Crippen MR) is 292 cm³/mol. The highest BCUT2D eigenvalue weighted by atomic mass is 32.2. The number of carbonyl (C=O) groups is 2. The molecule has 14 nitrogen and oxygen atoms in total. The number of hydrogen-bond donors (Lipinski definition) is 2. The molecule has 2 fully saturated rings. The van der Waals surface area contributed by atoms with Crippen LogP contribution in [-0.4, -0.2) is 93.0 Å². The van der Waals surface area contributed by atoms with Crippen molar-refractivity contribution >= 4 is 35.3 Å². The molecule has 6 aliphatic heterocycles. The second-order valence-corrected chi connectivity index (χ2v) is 21.3. The molecular formula is C60H50N6O8S2. The lowest BCUT2D eigenvalue weighted by molar-refractivity contribution is -0.0198. The highest BCUT2D eigenvalue weighted by molar-refractivity contribution is 7.98. The van der Waals surface area contributed by atoms with Gasteiger partial charge < -0.3 is 29.5 Å². The lowest BCUT2D eigenvalue weighted by Crippen LogP contribution is -2.66. The number of morpholine rings is 2. The molecule has 0 bridgehead atoms. The molecule has 0 aliphatic carbocycles. The maximum atomic E-state index is 13.6. The molecule has 2 aromatic heterocycles. The third-order valence-corrected chi connectivity index (χ3v) is 17.5. The first kappa shape index (κ1) is 47.7. The molecule has 380 valence electrons. The number of hydrogen-bond acceptors (Lipinski definition) is 12. The molecule has 6 aromatic carbocycles. The van der Waals surface area contributed by atoms with Gasteiger partial charge in [-0.05, 0) is 67.8 Å². The Morgan fingerprint density at radius 2 is 0.842 bits per heavy atom. The summed E-state index contributed by atoms with van der Waals surface area (Å²) in [5.74, 6) is -0.204. The number of pyridine rings is 2. The molecule has 14 rings (SSSR count). The van der Waals surface area contributed by atoms with E-state index in [1.807, 2.05) is 60.7 Å². The minimum atomic E-state index is -0.570. The molecule has 8 aromatic rings. The molecule has 2 saturated heterocycles. The third-order valence-electron chi connectivity index (χ3n) is 15.2. The van der Waals surface area contributed by atoms with E-state index in [0.717, 1.165) is 54.7 Å². The number of carbonyl (C=O) groups excluding carboxylic acids is 2. The van der Waals surface area contributed by atoms with Crippen LogP contribution in [0.2, 0.25) is 0 Å². The number of aromatic hydroxyl groups is 2. The molecule has 2 N–H and O–H groups in total. The second kappa shape index (κ2) is 19.6. The molecule has 0 spiro atoms. The normalized spacial score (nSPS) is 20.2. The molecule has 2 amide bonds. The zero-order valence-electron chi connectivity index (χ0n) is 41.0. The van der Waals surface area contributed by atoms with E-state index in [9.17, 15) is 29.4 Å². The van der Waals surface area contributed by atoms with Crippen LogP contribution in [-0.2, 0) is 21.0 Å². The molecule has 16 heteroatoms. The number of rotatable bonds is 4. The zero-order valence-corrected chi connectivity index (χ0v) is 42.6. The topological polar surface area (TPSA) is 150 Å². The Morgan fingerprint density at radius 3 is 1.28 bits per heavy atom. The Morgan fingerprint density at radius 1 is 0.447 bits per heavy atom. The van der Waals surface area contributed by atoms with Gasteiger partial charge in [-0.2, -0.15) is 0 Å². The Balaban J connectivity index is 0.000000146. The lowest BCUT2D eigenvalue weighted by atomic mass is 9.89. The highest BCUT2D eigenvalue weighted by Crippen LogP contribution is 2.49. The van der Waals surface area contributed by atoms with Crippen molar-refractivity contribution in [3.63, 3.8) is 0 Å². The quantitative estimate of drug-likeness (QED) is 0.174. The van der Waals surface area contributed by atoms with Crippen molar-refractivity contribution in [3.05, 3.63) is 235 Å². The first-order chi connectivity index (χ1) is 37.3. The average molecular weight is 1050 g/mol. The van der Waals surface area contributed by atoms with Crippen LogP contribution >= 0.6 is 23.5 Å². The van der Waals surface area contributed by atoms with Crippen molar-refractivity contribution < 1.29 is 29.3 Å². The number of ether oxygens (including phenoxy) is 2. The van der Waals surface area contributed by atoms with E-state index in [1.165, 1.54) is 34.4 Å². The maximum absolute atomic E-state index is 13.6. The van der Waals surface area contributed by atoms with Crippen LogP contribution in [0.3, 0.4) is 0 Å². The molecule has 76 heavy (non-hydrogen) atoms. The fourth-order valence-corrected chi connectivity index (χ4v) is 14.1. The number of amides is 2. The van der Waals surface area contributed by atoms with Crippen LogP contribution < -0.4 is 20.9 Å². The SMILES string of the molecule is O=C1c2c(O)c(=O)ccn2N([C@@H]2c3ccccc3SCc3c(-c4ccccc4)cccc32)[C@@H]2COCCN12.O=C1c2c(O)c(=O)ccn2N([C@H]2c3ccccc3SCc3c(-c4ccccc4)cccc32)[C@H]2COCCN12. The molecule has 0 unspecified atom stereocenters. The van der Waals surface area contributed by atoms with Gasteiger partial charge in [0, 0.05) is 58.9 Å². The van der Waals surface area contributed by atoms with E-state index in [1.54, 1.807) is 55.1 Å². The molecule has 6 aliphatic rings. The third kappa shape index (κ3) is 7.88. The van der Waals surface area contributed by atoms with E-state index in [2.05, 4.69) is 94.9 Å². The second-order valence-electron chi connectivity index (χ2n) is 19.2. The van der Waals surface area contributed by atoms with Gasteiger partial charge in [0.25, 0.3) is 11.8 Å². The number of thioether (sulfide) groups is 2. The predicted octanol–water partition coefficient (Wildman–Crippen LogP) is 8.73. The Bertz CT molecular complexity index is 3480. The van der Waals surface area contributed by atoms with Crippen LogP contribution in [0, 0.1) is 0 Å². The fraction of sp³-hybridized carbons (Fsp3) is 0.200. The van der Waals surface area contributed by atoms with Crippen molar-refractivity contribution in [2.45, 2.75) is 45.7 Å². The first-order valence-electron chi connectivity index (χ1n) is 25.3. The Kier molecular flexibility index (Phi) is 12.3. The van der Waals surface area contributed by atoms with E-state index >= 15 is 0 Å². The number of aromatic nitrogens is 2. The molecule has 4 atom stereocenters. The summed E-state index contributed by atoms with van der Waals surface area (Å²) >= 11 is 3.60. The maximum Gasteiger partial charge on any atom is 0.278 e. The molecule has 0 radical (unpaired) electrons. The van der Waals surface area contributed by atoms with Crippen LogP contribution in [0.25, 0.3) is 22.3 Å². The first-order valence-corrected chi connectivity index (χ1v) is 27.3. The van der Waals surface area contributed by atoms with Crippen molar-refractivity contribution in [3.8, 4) is 33.8 Å². The average Bonchev–Trinajstić information content (AvgIpc) is 3.91. The van der Waals surface area contributed by atoms with Gasteiger partial charge in [0.15, 0.2) is 22.9 Å². The van der Waals surface area contributed by atoms with Gasteiger partial charge >= 0.3 is 0 Å². The van der Waals surface area contributed by atoms with Gasteiger partial charge in [-0.25, -0.2) is 0 Å². The molecule has 8 heterocycles. The number of nitrogens with zero attached hydrogens (tertiary/aromatic N) is 6. The van der Waals surface area contributed by atoms with Gasteiger partial charge in [-0.3, -0.25) is 38.5 Å². The van der Waals surface area contributed by atoms with E-state index in [-0.39, 0.29) is 35.3 Å². The largest absolute Gasteiger partial charge is 0.502 e. The summed E-state index contributed by atoms with van der Waals surface area (Å²) in [5.41, 5.74) is 10.4. The summed E-state index contributed by atoms with van der Waals surface area (Å²) < 4.78 is 15.1. The summed E-state index contributed by atoms with van der Waals surface area (Å²) in [4.78, 5) is 57.8. The van der Waals surface area contributed by atoms with Gasteiger partial charge in [0.05, 0.1) is 38.5 Å². The summed E-state index contributed by atoms with van der Waals surface area (Å²) in [6.45, 7) is 2.19. The van der Waals surface area contributed by atoms with Crippen molar-refractivity contribution in [2.24, 2.45) is 0 Å². The van der Waals surface area contributed by atoms with Gasteiger partial charge in [-0.15, -0.1) is 23.5 Å². The van der Waals surface area contributed by atoms with E-state index in [0.29, 0.717) is 39.5 Å². The van der Waals surface area contributed by atoms with E-state index in [4.69, 9.17) is 9.47 Å². The summed E-state index contributed by atoms with van der Waals surface area (Å²) in [5, 5.41) is 25.8. The van der Waals surface area contributed by atoms with Crippen LogP contribution in [0.15, 0.2) is 189 Å². The Hall–Kier alpha value is -8.02. The van der Waals surface area contributed by atoms with Crippen molar-refractivity contribution in [2.75, 3.05) is 49.5 Å². The molecule has 0 saturated carbocycles. The highest BCUT2D eigenvalue weighted by Gasteiger charge is 2.48. The van der Waals surface area contributed by atoms with Crippen molar-refractivity contribution in [1.82, 2.24) is 19.2 Å². The van der Waals surface area contributed by atoms with Crippen LogP contribution in [0.4, 0.5) is 0 Å². The fourth-order valence-electron chi connectivity index (χ4n) is 11.8. The van der Waals surface area contributed by atoms with Gasteiger partial charge in [-0.1, -0.05) is 133 Å².